The first-order valence-electron chi connectivity index (χ1n) is 7.02. The summed E-state index contributed by atoms with van der Waals surface area (Å²) in [6, 6.07) is 2.68. The van der Waals surface area contributed by atoms with E-state index in [9.17, 15) is 17.6 Å². The molecule has 2 unspecified atom stereocenters. The summed E-state index contributed by atoms with van der Waals surface area (Å²) in [6.45, 7) is 6.66. The number of halogens is 4. The minimum atomic E-state index is -4.70. The number of hydrogen-bond acceptors (Lipinski definition) is 2. The lowest BCUT2D eigenvalue weighted by Crippen LogP contribution is -2.33. The molecule has 0 aromatic heterocycles. The lowest BCUT2D eigenvalue weighted by atomic mass is 9.99. The quantitative estimate of drug-likeness (QED) is 0.758. The molecule has 1 aromatic carbocycles. The molecule has 0 fully saturated rings. The van der Waals surface area contributed by atoms with Crippen LogP contribution >= 0.6 is 0 Å². The van der Waals surface area contributed by atoms with Crippen LogP contribution in [0.5, 0.6) is 0 Å². The average Bonchev–Trinajstić information content (AvgIpc) is 2.39. The molecule has 6 heteroatoms. The second kappa shape index (κ2) is 7.75. The molecule has 21 heavy (non-hydrogen) atoms. The fourth-order valence-electron chi connectivity index (χ4n) is 2.17. The van der Waals surface area contributed by atoms with Gasteiger partial charge in [-0.25, -0.2) is 4.39 Å². The summed E-state index contributed by atoms with van der Waals surface area (Å²) in [5, 5.41) is 3.15. The van der Waals surface area contributed by atoms with Crippen LogP contribution in [-0.2, 0) is 10.9 Å². The van der Waals surface area contributed by atoms with Crippen molar-refractivity contribution in [3.63, 3.8) is 0 Å². The summed E-state index contributed by atoms with van der Waals surface area (Å²) in [5.41, 5.74) is -0.870. The molecule has 1 rings (SSSR count). The van der Waals surface area contributed by atoms with Crippen molar-refractivity contribution in [1.82, 2.24) is 5.32 Å². The molecule has 1 N–H and O–H groups in total. The molecular formula is C15H21F4NO. The summed E-state index contributed by atoms with van der Waals surface area (Å²) in [5.74, 6) is -1.26. The van der Waals surface area contributed by atoms with Gasteiger partial charge in [0, 0.05) is 6.61 Å². The summed E-state index contributed by atoms with van der Waals surface area (Å²) < 4.78 is 57.2. The van der Waals surface area contributed by atoms with Crippen LogP contribution in [0.2, 0.25) is 0 Å². The van der Waals surface area contributed by atoms with E-state index in [0.717, 1.165) is 18.6 Å². The minimum absolute atomic E-state index is 0.312. The first-order chi connectivity index (χ1) is 9.81. The Bertz CT molecular complexity index is 448. The van der Waals surface area contributed by atoms with Gasteiger partial charge in [-0.05, 0) is 44.5 Å². The molecule has 0 radical (unpaired) electrons. The monoisotopic (exact) mass is 307 g/mol. The van der Waals surface area contributed by atoms with Crippen molar-refractivity contribution in [3.05, 3.63) is 35.1 Å². The molecule has 0 aliphatic carbocycles. The summed E-state index contributed by atoms with van der Waals surface area (Å²) in [7, 11) is 0. The van der Waals surface area contributed by atoms with Gasteiger partial charge in [-0.2, -0.15) is 13.2 Å². The van der Waals surface area contributed by atoms with Gasteiger partial charge < -0.3 is 10.1 Å². The van der Waals surface area contributed by atoms with Crippen molar-refractivity contribution in [3.8, 4) is 0 Å². The van der Waals surface area contributed by atoms with Gasteiger partial charge in [-0.3, -0.25) is 0 Å². The largest absolute Gasteiger partial charge is 0.419 e. The molecule has 0 saturated carbocycles. The third kappa shape index (κ3) is 4.97. The molecule has 0 amide bonds. The van der Waals surface area contributed by atoms with Gasteiger partial charge in [-0.15, -0.1) is 0 Å². The lowest BCUT2D eigenvalue weighted by molar-refractivity contribution is -0.140. The maximum absolute atomic E-state index is 13.4. The van der Waals surface area contributed by atoms with Gasteiger partial charge in [0.25, 0.3) is 0 Å². The first kappa shape index (κ1) is 17.9. The second-order valence-corrected chi connectivity index (χ2v) is 4.83. The van der Waals surface area contributed by atoms with E-state index >= 15 is 0 Å². The summed E-state index contributed by atoms with van der Waals surface area (Å²) >= 11 is 0. The molecule has 0 bridgehead atoms. The highest BCUT2D eigenvalue weighted by molar-refractivity contribution is 5.30. The Morgan fingerprint density at radius 1 is 1.24 bits per heavy atom. The molecule has 0 aliphatic heterocycles. The first-order valence-corrected chi connectivity index (χ1v) is 7.02. The van der Waals surface area contributed by atoms with Gasteiger partial charge in [-0.1, -0.05) is 13.0 Å². The van der Waals surface area contributed by atoms with Crippen molar-refractivity contribution >= 4 is 0 Å². The van der Waals surface area contributed by atoms with Crippen molar-refractivity contribution < 1.29 is 22.3 Å². The maximum atomic E-state index is 13.4. The van der Waals surface area contributed by atoms with Crippen molar-refractivity contribution in [2.24, 2.45) is 0 Å². The van der Waals surface area contributed by atoms with E-state index in [-0.39, 0.29) is 6.10 Å². The van der Waals surface area contributed by atoms with Crippen LogP contribution in [0.15, 0.2) is 18.2 Å². The van der Waals surface area contributed by atoms with Crippen molar-refractivity contribution in [2.75, 3.05) is 13.2 Å². The van der Waals surface area contributed by atoms with E-state index < -0.39 is 23.6 Å². The number of alkyl halides is 3. The van der Waals surface area contributed by atoms with E-state index in [1.807, 2.05) is 13.8 Å². The molecule has 0 spiro atoms. The Morgan fingerprint density at radius 2 is 1.90 bits per heavy atom. The average molecular weight is 307 g/mol. The minimum Gasteiger partial charge on any atom is -0.377 e. The van der Waals surface area contributed by atoms with Crippen LogP contribution < -0.4 is 5.32 Å². The molecular weight excluding hydrogens is 286 g/mol. The predicted octanol–water partition coefficient (Wildman–Crippen LogP) is 4.31. The van der Waals surface area contributed by atoms with Gasteiger partial charge in [0.1, 0.15) is 5.82 Å². The van der Waals surface area contributed by atoms with Crippen molar-refractivity contribution in [2.45, 2.75) is 45.5 Å². The molecule has 0 saturated heterocycles. The lowest BCUT2D eigenvalue weighted by Gasteiger charge is -2.26. The number of hydrogen-bond donors (Lipinski definition) is 1. The van der Waals surface area contributed by atoms with Crippen LogP contribution in [0.3, 0.4) is 0 Å². The Kier molecular flexibility index (Phi) is 6.61. The van der Waals surface area contributed by atoms with Crippen LogP contribution in [0, 0.1) is 5.82 Å². The predicted molar refractivity (Wildman–Crippen MR) is 73.5 cm³/mol. The van der Waals surface area contributed by atoms with Crippen LogP contribution in [0.1, 0.15) is 44.4 Å². The van der Waals surface area contributed by atoms with Crippen LogP contribution in [0.25, 0.3) is 0 Å². The Morgan fingerprint density at radius 3 is 2.43 bits per heavy atom. The maximum Gasteiger partial charge on any atom is 0.419 e. The normalized spacial score (nSPS) is 15.0. The van der Waals surface area contributed by atoms with E-state index in [0.29, 0.717) is 18.7 Å². The molecule has 1 aromatic rings. The van der Waals surface area contributed by atoms with Crippen LogP contribution in [-0.4, -0.2) is 19.3 Å². The molecule has 2 atom stereocenters. The highest BCUT2D eigenvalue weighted by Crippen LogP contribution is 2.33. The second-order valence-electron chi connectivity index (χ2n) is 4.83. The van der Waals surface area contributed by atoms with Gasteiger partial charge in [0.2, 0.25) is 0 Å². The SMILES string of the molecule is CCCNC(c1ccc(F)c(C(F)(F)F)c1)C(C)OCC. The zero-order valence-electron chi connectivity index (χ0n) is 12.4. The molecule has 0 heterocycles. The smallest absolute Gasteiger partial charge is 0.377 e. The summed E-state index contributed by atoms with van der Waals surface area (Å²) in [4.78, 5) is 0. The summed E-state index contributed by atoms with van der Waals surface area (Å²) in [6.07, 6.45) is -4.18. The van der Waals surface area contributed by atoms with E-state index in [4.69, 9.17) is 4.74 Å². The Labute approximate surface area is 122 Å². The Hall–Kier alpha value is -1.14. The number of rotatable bonds is 7. The molecule has 2 nitrogen and oxygen atoms in total. The highest BCUT2D eigenvalue weighted by atomic mass is 19.4. The Balaban J connectivity index is 3.12. The zero-order chi connectivity index (χ0) is 16.0. The van der Waals surface area contributed by atoms with Gasteiger partial charge >= 0.3 is 6.18 Å². The van der Waals surface area contributed by atoms with Gasteiger partial charge in [0.05, 0.1) is 17.7 Å². The van der Waals surface area contributed by atoms with E-state index in [1.165, 1.54) is 6.07 Å². The van der Waals surface area contributed by atoms with E-state index in [2.05, 4.69) is 5.32 Å². The van der Waals surface area contributed by atoms with E-state index in [1.54, 1.807) is 6.92 Å². The standard InChI is InChI=1S/C15H21F4NO/c1-4-8-20-14(10(3)21-5-2)11-6-7-13(16)12(9-11)15(17,18)19/h6-7,9-10,14,20H,4-5,8H2,1-3H3. The number of nitrogens with one attached hydrogen (secondary N) is 1. The third-order valence-electron chi connectivity index (χ3n) is 3.17. The van der Waals surface area contributed by atoms with Gasteiger partial charge in [0.15, 0.2) is 0 Å². The fourth-order valence-corrected chi connectivity index (χ4v) is 2.17. The van der Waals surface area contributed by atoms with Crippen molar-refractivity contribution in [1.29, 1.82) is 0 Å². The van der Waals surface area contributed by atoms with Crippen LogP contribution in [0.4, 0.5) is 17.6 Å². The topological polar surface area (TPSA) is 21.3 Å². The number of ether oxygens (including phenoxy) is 1. The number of benzene rings is 1. The highest BCUT2D eigenvalue weighted by Gasteiger charge is 2.35. The molecule has 0 aliphatic rings. The zero-order valence-corrected chi connectivity index (χ0v) is 12.4. The molecule has 120 valence electrons. The fraction of sp³-hybridized carbons (Fsp3) is 0.600. The third-order valence-corrected chi connectivity index (χ3v) is 3.17.